The molecule has 106 valence electrons. The van der Waals surface area contributed by atoms with Gasteiger partial charge in [-0.25, -0.2) is 4.79 Å². The maximum Gasteiger partial charge on any atom is 0.317 e. The number of carbonyl (C=O) groups excluding carboxylic acids is 1. The van der Waals surface area contributed by atoms with Crippen molar-refractivity contribution in [3.05, 3.63) is 35.5 Å². The summed E-state index contributed by atoms with van der Waals surface area (Å²) in [5.41, 5.74) is 3.91. The molecule has 1 N–H and O–H groups in total. The summed E-state index contributed by atoms with van der Waals surface area (Å²) in [5.74, 6) is 0. The van der Waals surface area contributed by atoms with Gasteiger partial charge in [0.05, 0.1) is 0 Å². The van der Waals surface area contributed by atoms with E-state index in [1.54, 1.807) is 0 Å². The van der Waals surface area contributed by atoms with Crippen LogP contribution in [0.1, 0.15) is 25.0 Å². The molecule has 0 radical (unpaired) electrons. The summed E-state index contributed by atoms with van der Waals surface area (Å²) < 4.78 is 2.30. The lowest BCUT2D eigenvalue weighted by molar-refractivity contribution is 0.197. The third-order valence-electron chi connectivity index (χ3n) is 4.04. The Morgan fingerprint density at radius 2 is 2.15 bits per heavy atom. The maximum absolute atomic E-state index is 12.1. The van der Waals surface area contributed by atoms with E-state index in [0.29, 0.717) is 13.1 Å². The molecule has 0 unspecified atom stereocenters. The van der Waals surface area contributed by atoms with E-state index < -0.39 is 0 Å². The van der Waals surface area contributed by atoms with Crippen LogP contribution < -0.4 is 5.32 Å². The zero-order valence-electron chi connectivity index (χ0n) is 12.1. The molecule has 0 bridgehead atoms. The average molecular weight is 271 g/mol. The summed E-state index contributed by atoms with van der Waals surface area (Å²) >= 11 is 0. The lowest BCUT2D eigenvalue weighted by Gasteiger charge is -2.21. The number of nitrogens with zero attached hydrogens (tertiary/aromatic N) is 2. The van der Waals surface area contributed by atoms with Crippen LogP contribution in [-0.4, -0.2) is 28.6 Å². The van der Waals surface area contributed by atoms with Crippen LogP contribution in [0.2, 0.25) is 0 Å². The van der Waals surface area contributed by atoms with Crippen molar-refractivity contribution in [2.45, 2.75) is 33.4 Å². The molecule has 1 aliphatic heterocycles. The van der Waals surface area contributed by atoms with Gasteiger partial charge in [0.1, 0.15) is 0 Å². The molecule has 2 aromatic rings. The van der Waals surface area contributed by atoms with Crippen LogP contribution in [0.15, 0.2) is 24.4 Å². The minimum Gasteiger partial charge on any atom is -0.347 e. The fourth-order valence-corrected chi connectivity index (χ4v) is 3.08. The Labute approximate surface area is 119 Å². The van der Waals surface area contributed by atoms with Gasteiger partial charge in [-0.1, -0.05) is 12.1 Å². The highest BCUT2D eigenvalue weighted by Gasteiger charge is 2.21. The number of hydrogen-bond donors (Lipinski definition) is 1. The first-order chi connectivity index (χ1) is 9.74. The minimum atomic E-state index is 0.0398. The van der Waals surface area contributed by atoms with Crippen molar-refractivity contribution >= 4 is 16.9 Å². The largest absolute Gasteiger partial charge is 0.347 e. The molecule has 0 saturated heterocycles. The number of urea groups is 1. The second-order valence-electron chi connectivity index (χ2n) is 5.26. The molecule has 0 spiro atoms. The summed E-state index contributed by atoms with van der Waals surface area (Å²) in [4.78, 5) is 14.0. The van der Waals surface area contributed by atoms with Crippen LogP contribution >= 0.6 is 0 Å². The summed E-state index contributed by atoms with van der Waals surface area (Å²) in [7, 11) is 0. The highest BCUT2D eigenvalue weighted by molar-refractivity contribution is 5.88. The molecule has 0 fully saturated rings. The fourth-order valence-electron chi connectivity index (χ4n) is 3.08. The van der Waals surface area contributed by atoms with Crippen LogP contribution in [0.3, 0.4) is 0 Å². The Balaban J connectivity index is 2.02. The molecule has 2 amide bonds. The first-order valence-electron chi connectivity index (χ1n) is 7.37. The van der Waals surface area contributed by atoms with Crippen molar-refractivity contribution in [3.63, 3.8) is 0 Å². The number of benzene rings is 1. The number of rotatable bonds is 2. The normalized spacial score (nSPS) is 14.4. The molecule has 0 atom stereocenters. The second kappa shape index (κ2) is 5.19. The Kier molecular flexibility index (Phi) is 3.38. The van der Waals surface area contributed by atoms with Crippen molar-refractivity contribution in [2.75, 3.05) is 13.1 Å². The quantitative estimate of drug-likeness (QED) is 0.896. The number of hydrogen-bond acceptors (Lipinski definition) is 1. The molecule has 0 aliphatic carbocycles. The molecule has 1 aromatic heterocycles. The van der Waals surface area contributed by atoms with E-state index in [-0.39, 0.29) is 6.03 Å². The Morgan fingerprint density at radius 3 is 2.90 bits per heavy atom. The Hall–Kier alpha value is -1.97. The topological polar surface area (TPSA) is 37.3 Å². The molecule has 20 heavy (non-hydrogen) atoms. The van der Waals surface area contributed by atoms with Gasteiger partial charge in [-0.3, -0.25) is 0 Å². The standard InChI is InChI=1S/C16H21N3O/c1-3-17-16(20)19-9-8-13-10-18(4-2)14-7-5-6-12(11-19)15(13)14/h5-7,10H,3-4,8-9,11H2,1-2H3,(H,17,20). The van der Waals surface area contributed by atoms with Gasteiger partial charge in [0, 0.05) is 43.3 Å². The van der Waals surface area contributed by atoms with Crippen LogP contribution in [0.5, 0.6) is 0 Å². The zero-order chi connectivity index (χ0) is 14.1. The lowest BCUT2D eigenvalue weighted by Crippen LogP contribution is -2.39. The van der Waals surface area contributed by atoms with Gasteiger partial charge in [-0.05, 0) is 37.5 Å². The van der Waals surface area contributed by atoms with Gasteiger partial charge in [0.15, 0.2) is 0 Å². The van der Waals surface area contributed by atoms with Crippen molar-refractivity contribution in [3.8, 4) is 0 Å². The smallest absolute Gasteiger partial charge is 0.317 e. The summed E-state index contributed by atoms with van der Waals surface area (Å²) in [6, 6.07) is 6.45. The molecule has 3 rings (SSSR count). The number of aromatic nitrogens is 1. The molecule has 1 aliphatic rings. The predicted molar refractivity (Wildman–Crippen MR) is 80.8 cm³/mol. The van der Waals surface area contributed by atoms with Gasteiger partial charge in [-0.2, -0.15) is 0 Å². The monoisotopic (exact) mass is 271 g/mol. The molecular formula is C16H21N3O. The van der Waals surface area contributed by atoms with Crippen LogP contribution in [0.4, 0.5) is 4.79 Å². The maximum atomic E-state index is 12.1. The van der Waals surface area contributed by atoms with E-state index in [1.807, 2.05) is 11.8 Å². The van der Waals surface area contributed by atoms with E-state index in [9.17, 15) is 4.79 Å². The molecule has 4 nitrogen and oxygen atoms in total. The van der Waals surface area contributed by atoms with Gasteiger partial charge in [-0.15, -0.1) is 0 Å². The summed E-state index contributed by atoms with van der Waals surface area (Å²) in [6.07, 6.45) is 3.17. The number of carbonyl (C=O) groups is 1. The van der Waals surface area contributed by atoms with Crippen LogP contribution in [-0.2, 0) is 19.5 Å². The molecular weight excluding hydrogens is 250 g/mol. The molecule has 0 saturated carbocycles. The van der Waals surface area contributed by atoms with Gasteiger partial charge in [0.25, 0.3) is 0 Å². The first kappa shape index (κ1) is 13.0. The van der Waals surface area contributed by atoms with E-state index in [1.165, 1.54) is 22.0 Å². The SMILES string of the molecule is CCNC(=O)N1CCc2cn(CC)c3cccc(c23)C1. The third kappa shape index (κ3) is 2.05. The number of amides is 2. The average Bonchev–Trinajstić information content (AvgIpc) is 2.71. The fraction of sp³-hybridized carbons (Fsp3) is 0.438. The van der Waals surface area contributed by atoms with E-state index in [0.717, 1.165) is 19.5 Å². The van der Waals surface area contributed by atoms with E-state index in [2.05, 4.69) is 41.2 Å². The summed E-state index contributed by atoms with van der Waals surface area (Å²) in [5, 5.41) is 4.25. The van der Waals surface area contributed by atoms with Crippen molar-refractivity contribution < 1.29 is 4.79 Å². The predicted octanol–water partition coefficient (Wildman–Crippen LogP) is 2.75. The Bertz CT molecular complexity index is 644. The number of nitrogens with one attached hydrogen (secondary N) is 1. The van der Waals surface area contributed by atoms with Gasteiger partial charge >= 0.3 is 6.03 Å². The van der Waals surface area contributed by atoms with Crippen molar-refractivity contribution in [2.24, 2.45) is 0 Å². The zero-order valence-corrected chi connectivity index (χ0v) is 12.1. The van der Waals surface area contributed by atoms with E-state index in [4.69, 9.17) is 0 Å². The van der Waals surface area contributed by atoms with Crippen LogP contribution in [0.25, 0.3) is 10.9 Å². The number of aryl methyl sites for hydroxylation is 1. The third-order valence-corrected chi connectivity index (χ3v) is 4.04. The highest BCUT2D eigenvalue weighted by Crippen LogP contribution is 2.29. The molecule has 1 aromatic carbocycles. The molecule has 4 heteroatoms. The Morgan fingerprint density at radius 1 is 1.30 bits per heavy atom. The highest BCUT2D eigenvalue weighted by atomic mass is 16.2. The van der Waals surface area contributed by atoms with Crippen molar-refractivity contribution in [1.29, 1.82) is 0 Å². The molecule has 2 heterocycles. The first-order valence-corrected chi connectivity index (χ1v) is 7.37. The second-order valence-corrected chi connectivity index (χ2v) is 5.26. The van der Waals surface area contributed by atoms with Gasteiger partial charge < -0.3 is 14.8 Å². The van der Waals surface area contributed by atoms with E-state index >= 15 is 0 Å². The van der Waals surface area contributed by atoms with Crippen LogP contribution in [0, 0.1) is 0 Å². The minimum absolute atomic E-state index is 0.0398. The summed E-state index contributed by atoms with van der Waals surface area (Å²) in [6.45, 7) is 7.26. The van der Waals surface area contributed by atoms with Crippen molar-refractivity contribution in [1.82, 2.24) is 14.8 Å². The van der Waals surface area contributed by atoms with Gasteiger partial charge in [0.2, 0.25) is 0 Å². The lowest BCUT2D eigenvalue weighted by atomic mass is 10.1.